The van der Waals surface area contributed by atoms with E-state index in [2.05, 4.69) is 48.6 Å². The Morgan fingerprint density at radius 3 is 2.62 bits per heavy atom. The number of methoxy groups -OCH3 is 1. The number of hydrogen-bond acceptors (Lipinski definition) is 2. The Labute approximate surface area is 97.4 Å². The van der Waals surface area contributed by atoms with Crippen LogP contribution in [0.4, 0.5) is 0 Å². The molecule has 0 aliphatic carbocycles. The van der Waals surface area contributed by atoms with Gasteiger partial charge in [0.2, 0.25) is 0 Å². The summed E-state index contributed by atoms with van der Waals surface area (Å²) in [4.78, 5) is 1.34. The van der Waals surface area contributed by atoms with Crippen molar-refractivity contribution in [2.45, 2.75) is 18.7 Å². The Morgan fingerprint density at radius 1 is 1.38 bits per heavy atom. The monoisotopic (exact) mass is 308 g/mol. The van der Waals surface area contributed by atoms with Gasteiger partial charge in [-0.05, 0) is 53.6 Å². The summed E-state index contributed by atoms with van der Waals surface area (Å²) < 4.78 is 6.36. The number of aryl methyl sites for hydroxylation is 2. The van der Waals surface area contributed by atoms with Crippen LogP contribution in [0.1, 0.15) is 11.1 Å². The lowest BCUT2D eigenvalue weighted by Gasteiger charge is -2.08. The summed E-state index contributed by atoms with van der Waals surface area (Å²) in [5, 5.41) is 0. The Morgan fingerprint density at radius 2 is 2.08 bits per heavy atom. The summed E-state index contributed by atoms with van der Waals surface area (Å²) in [7, 11) is 1.73. The zero-order chi connectivity index (χ0) is 9.84. The van der Waals surface area contributed by atoms with Crippen LogP contribution in [0.2, 0.25) is 0 Å². The number of ether oxygens (including phenoxy) is 1. The first-order valence-electron chi connectivity index (χ1n) is 4.03. The first-order valence-corrected chi connectivity index (χ1v) is 6.10. The minimum atomic E-state index is 0.722. The number of benzene rings is 1. The maximum atomic E-state index is 5.05. The van der Waals surface area contributed by atoms with Gasteiger partial charge in [-0.3, -0.25) is 0 Å². The molecule has 1 nitrogen and oxygen atoms in total. The second kappa shape index (κ2) is 5.22. The van der Waals surface area contributed by atoms with Gasteiger partial charge in [0.05, 0.1) is 5.94 Å². The SMILES string of the molecule is COCSc1c(C)cc(C)cc1I. The molecule has 0 fully saturated rings. The standard InChI is InChI=1S/C10H13IOS/c1-7-4-8(2)10(9(11)5-7)13-6-12-3/h4-5H,6H2,1-3H3. The fraction of sp³-hybridized carbons (Fsp3) is 0.400. The molecule has 0 N–H and O–H groups in total. The smallest absolute Gasteiger partial charge is 0.0963 e. The molecule has 0 bridgehead atoms. The predicted molar refractivity (Wildman–Crippen MR) is 66.4 cm³/mol. The molecule has 0 radical (unpaired) electrons. The second-order valence-corrected chi connectivity index (χ2v) is 5.04. The lowest BCUT2D eigenvalue weighted by Crippen LogP contribution is -1.89. The van der Waals surface area contributed by atoms with Gasteiger partial charge in [0.25, 0.3) is 0 Å². The molecule has 0 atom stereocenters. The molecule has 3 heteroatoms. The van der Waals surface area contributed by atoms with Crippen molar-refractivity contribution >= 4 is 34.4 Å². The van der Waals surface area contributed by atoms with Crippen molar-refractivity contribution < 1.29 is 4.74 Å². The number of thioether (sulfide) groups is 1. The average molecular weight is 308 g/mol. The van der Waals surface area contributed by atoms with E-state index in [0.717, 1.165) is 5.94 Å². The Hall–Kier alpha value is 0.260. The predicted octanol–water partition coefficient (Wildman–Crippen LogP) is 3.60. The van der Waals surface area contributed by atoms with Gasteiger partial charge in [-0.1, -0.05) is 17.8 Å². The van der Waals surface area contributed by atoms with Gasteiger partial charge in [0.1, 0.15) is 0 Å². The van der Waals surface area contributed by atoms with Gasteiger partial charge in [0, 0.05) is 15.6 Å². The van der Waals surface area contributed by atoms with Gasteiger partial charge in [-0.15, -0.1) is 0 Å². The first kappa shape index (κ1) is 11.3. The van der Waals surface area contributed by atoms with Crippen LogP contribution < -0.4 is 0 Å². The quantitative estimate of drug-likeness (QED) is 0.479. The van der Waals surface area contributed by atoms with Crippen molar-refractivity contribution in [3.8, 4) is 0 Å². The Kier molecular flexibility index (Phi) is 4.55. The molecule has 1 aromatic carbocycles. The lowest BCUT2D eigenvalue weighted by molar-refractivity contribution is 0.259. The first-order chi connectivity index (χ1) is 6.15. The molecule has 0 amide bonds. The number of halogens is 1. The van der Waals surface area contributed by atoms with Crippen molar-refractivity contribution in [3.05, 3.63) is 26.8 Å². The summed E-state index contributed by atoms with van der Waals surface area (Å²) >= 11 is 4.13. The fourth-order valence-electron chi connectivity index (χ4n) is 1.20. The van der Waals surface area contributed by atoms with Crippen molar-refractivity contribution in [2.24, 2.45) is 0 Å². The van der Waals surface area contributed by atoms with Crippen molar-refractivity contribution in [1.29, 1.82) is 0 Å². The highest BCUT2D eigenvalue weighted by Gasteiger charge is 2.04. The third kappa shape index (κ3) is 3.14. The van der Waals surface area contributed by atoms with Gasteiger partial charge in [-0.2, -0.15) is 0 Å². The largest absolute Gasteiger partial charge is 0.374 e. The molecule has 0 aliphatic heterocycles. The van der Waals surface area contributed by atoms with E-state index >= 15 is 0 Å². The molecule has 1 aromatic rings. The van der Waals surface area contributed by atoms with E-state index < -0.39 is 0 Å². The van der Waals surface area contributed by atoms with Gasteiger partial charge >= 0.3 is 0 Å². The van der Waals surface area contributed by atoms with E-state index in [4.69, 9.17) is 4.74 Å². The number of rotatable bonds is 3. The maximum absolute atomic E-state index is 5.05. The van der Waals surface area contributed by atoms with E-state index in [1.165, 1.54) is 19.6 Å². The molecule has 0 saturated carbocycles. The second-order valence-electron chi connectivity index (χ2n) is 2.94. The van der Waals surface area contributed by atoms with Gasteiger partial charge in [-0.25, -0.2) is 0 Å². The van der Waals surface area contributed by atoms with E-state index in [0.29, 0.717) is 0 Å². The highest BCUT2D eigenvalue weighted by atomic mass is 127. The molecular weight excluding hydrogens is 295 g/mol. The van der Waals surface area contributed by atoms with Crippen LogP contribution >= 0.6 is 34.4 Å². The van der Waals surface area contributed by atoms with Crippen LogP contribution in [0.25, 0.3) is 0 Å². The van der Waals surface area contributed by atoms with Crippen LogP contribution in [0.15, 0.2) is 17.0 Å². The zero-order valence-corrected chi connectivity index (χ0v) is 11.0. The van der Waals surface area contributed by atoms with Crippen LogP contribution in [0, 0.1) is 17.4 Å². The van der Waals surface area contributed by atoms with Crippen molar-refractivity contribution in [3.63, 3.8) is 0 Å². The van der Waals surface area contributed by atoms with E-state index in [-0.39, 0.29) is 0 Å². The van der Waals surface area contributed by atoms with Crippen molar-refractivity contribution in [2.75, 3.05) is 13.0 Å². The third-order valence-electron chi connectivity index (χ3n) is 1.69. The Bertz CT molecular complexity index is 276. The molecule has 0 unspecified atom stereocenters. The lowest BCUT2D eigenvalue weighted by atomic mass is 10.2. The molecular formula is C10H13IOS. The molecule has 0 aromatic heterocycles. The molecule has 0 heterocycles. The molecule has 0 saturated heterocycles. The molecule has 0 spiro atoms. The van der Waals surface area contributed by atoms with Gasteiger partial charge in [0.15, 0.2) is 0 Å². The summed E-state index contributed by atoms with van der Waals surface area (Å²) in [6.07, 6.45) is 0. The summed E-state index contributed by atoms with van der Waals surface area (Å²) in [6, 6.07) is 4.41. The highest BCUT2D eigenvalue weighted by Crippen LogP contribution is 2.28. The highest BCUT2D eigenvalue weighted by molar-refractivity contribution is 14.1. The average Bonchev–Trinajstić information content (AvgIpc) is 2.02. The van der Waals surface area contributed by atoms with Crippen LogP contribution in [0.3, 0.4) is 0 Å². The third-order valence-corrected chi connectivity index (χ3v) is 4.10. The molecule has 72 valence electrons. The van der Waals surface area contributed by atoms with E-state index in [1.807, 2.05) is 0 Å². The maximum Gasteiger partial charge on any atom is 0.0963 e. The van der Waals surface area contributed by atoms with E-state index in [9.17, 15) is 0 Å². The minimum Gasteiger partial charge on any atom is -0.374 e. The summed E-state index contributed by atoms with van der Waals surface area (Å²) in [5.41, 5.74) is 2.66. The van der Waals surface area contributed by atoms with E-state index in [1.54, 1.807) is 18.9 Å². The molecule has 1 rings (SSSR count). The normalized spacial score (nSPS) is 10.5. The summed E-state index contributed by atoms with van der Waals surface area (Å²) in [6.45, 7) is 4.27. The zero-order valence-electron chi connectivity index (χ0n) is 8.06. The molecule has 0 aliphatic rings. The Balaban J connectivity index is 2.92. The number of hydrogen-bond donors (Lipinski definition) is 0. The van der Waals surface area contributed by atoms with Crippen molar-refractivity contribution in [1.82, 2.24) is 0 Å². The topological polar surface area (TPSA) is 9.23 Å². The minimum absolute atomic E-state index is 0.722. The van der Waals surface area contributed by atoms with Crippen LogP contribution in [-0.2, 0) is 4.74 Å². The van der Waals surface area contributed by atoms with Crippen LogP contribution in [0.5, 0.6) is 0 Å². The van der Waals surface area contributed by atoms with Crippen LogP contribution in [-0.4, -0.2) is 13.0 Å². The fourth-order valence-corrected chi connectivity index (χ4v) is 3.31. The molecule has 13 heavy (non-hydrogen) atoms. The summed E-state index contributed by atoms with van der Waals surface area (Å²) in [5.74, 6) is 0.722. The van der Waals surface area contributed by atoms with Gasteiger partial charge < -0.3 is 4.74 Å².